The van der Waals surface area contributed by atoms with Crippen LogP contribution in [0, 0.1) is 0 Å². The van der Waals surface area contributed by atoms with E-state index in [1.54, 1.807) is 24.1 Å². The van der Waals surface area contributed by atoms with E-state index in [0.29, 0.717) is 66.7 Å². The highest BCUT2D eigenvalue weighted by Crippen LogP contribution is 2.35. The van der Waals surface area contributed by atoms with Gasteiger partial charge in [-0.15, -0.1) is 0 Å². The fraction of sp³-hybridized carbons (Fsp3) is 0.500. The van der Waals surface area contributed by atoms with Crippen LogP contribution in [-0.2, 0) is 9.47 Å². The first kappa shape index (κ1) is 19.4. The number of rotatable bonds is 6. The molecule has 1 aliphatic rings. The molecule has 0 aliphatic carbocycles. The number of methoxy groups -OCH3 is 2. The molecule has 1 aliphatic heterocycles. The number of halogens is 1. The number of hydrogen-bond donors (Lipinski definition) is 0. The molecule has 1 amide bonds. The quantitative estimate of drug-likeness (QED) is 0.549. The van der Waals surface area contributed by atoms with Crippen LogP contribution in [0.2, 0.25) is 5.15 Å². The van der Waals surface area contributed by atoms with E-state index in [0.717, 1.165) is 0 Å². The van der Waals surface area contributed by atoms with Crippen LogP contribution in [0.5, 0.6) is 11.5 Å². The van der Waals surface area contributed by atoms with Crippen LogP contribution in [0.1, 0.15) is 12.8 Å². The molecule has 8 nitrogen and oxygen atoms in total. The van der Waals surface area contributed by atoms with Crippen molar-refractivity contribution in [2.75, 3.05) is 40.5 Å². The molecular weight excluding hydrogens is 374 g/mol. The summed E-state index contributed by atoms with van der Waals surface area (Å²) in [6.07, 6.45) is 2.45. The number of carbonyl (C=O) groups is 1. The van der Waals surface area contributed by atoms with Gasteiger partial charge in [0.05, 0.1) is 19.2 Å². The van der Waals surface area contributed by atoms with E-state index in [1.165, 1.54) is 13.4 Å². The van der Waals surface area contributed by atoms with Crippen molar-refractivity contribution >= 4 is 28.6 Å². The molecule has 0 radical (unpaired) electrons. The second-order valence-corrected chi connectivity index (χ2v) is 6.45. The number of nitrogens with zero attached hydrogens (tertiary/aromatic N) is 3. The van der Waals surface area contributed by atoms with Crippen molar-refractivity contribution in [2.24, 2.45) is 0 Å². The van der Waals surface area contributed by atoms with Gasteiger partial charge < -0.3 is 23.8 Å². The molecule has 9 heteroatoms. The summed E-state index contributed by atoms with van der Waals surface area (Å²) >= 11 is 6.20. The van der Waals surface area contributed by atoms with Gasteiger partial charge in [-0.1, -0.05) is 11.6 Å². The molecule has 27 heavy (non-hydrogen) atoms. The van der Waals surface area contributed by atoms with Gasteiger partial charge in [-0.2, -0.15) is 0 Å². The minimum absolute atomic E-state index is 0.0449. The molecule has 146 valence electrons. The topological polar surface area (TPSA) is 83.0 Å². The molecule has 0 saturated carbocycles. The first-order valence-electron chi connectivity index (χ1n) is 8.68. The summed E-state index contributed by atoms with van der Waals surface area (Å²) in [5.41, 5.74) is 0.676. The number of hydrogen-bond acceptors (Lipinski definition) is 7. The Balaban J connectivity index is 1.78. The van der Waals surface area contributed by atoms with Gasteiger partial charge in [-0.3, -0.25) is 0 Å². The third kappa shape index (κ3) is 4.70. The van der Waals surface area contributed by atoms with Crippen molar-refractivity contribution < 1.29 is 23.7 Å². The van der Waals surface area contributed by atoms with Gasteiger partial charge in [0.15, 0.2) is 11.5 Å². The molecule has 1 saturated heterocycles. The van der Waals surface area contributed by atoms with Crippen LogP contribution in [0.25, 0.3) is 10.9 Å². The average Bonchev–Trinajstić information content (AvgIpc) is 2.69. The number of amides is 1. The van der Waals surface area contributed by atoms with E-state index in [4.69, 9.17) is 30.5 Å². The summed E-state index contributed by atoms with van der Waals surface area (Å²) in [6, 6.07) is 3.59. The minimum Gasteiger partial charge on any atom is -0.487 e. The third-order valence-corrected chi connectivity index (χ3v) is 4.67. The zero-order valence-corrected chi connectivity index (χ0v) is 16.1. The van der Waals surface area contributed by atoms with E-state index in [-0.39, 0.29) is 12.2 Å². The van der Waals surface area contributed by atoms with Gasteiger partial charge in [0.2, 0.25) is 0 Å². The van der Waals surface area contributed by atoms with E-state index in [2.05, 4.69) is 9.97 Å². The van der Waals surface area contributed by atoms with Crippen LogP contribution in [-0.4, -0.2) is 67.6 Å². The fourth-order valence-corrected chi connectivity index (χ4v) is 3.13. The lowest BCUT2D eigenvalue weighted by molar-refractivity contribution is 0.0766. The Morgan fingerprint density at radius 3 is 2.67 bits per heavy atom. The Hall–Kier alpha value is -2.32. The molecule has 2 aromatic rings. The Morgan fingerprint density at radius 2 is 1.96 bits per heavy atom. The van der Waals surface area contributed by atoms with Gasteiger partial charge in [-0.05, 0) is 6.07 Å². The lowest BCUT2D eigenvalue weighted by Crippen LogP contribution is -2.41. The molecule has 3 rings (SSSR count). The molecule has 1 aromatic heterocycles. The maximum atomic E-state index is 11.6. The number of benzene rings is 1. The van der Waals surface area contributed by atoms with Crippen molar-refractivity contribution in [3.05, 3.63) is 23.6 Å². The molecule has 1 aromatic carbocycles. The lowest BCUT2D eigenvalue weighted by atomic mass is 10.1. The summed E-state index contributed by atoms with van der Waals surface area (Å²) < 4.78 is 21.8. The first-order valence-corrected chi connectivity index (χ1v) is 9.05. The molecule has 2 heterocycles. The van der Waals surface area contributed by atoms with Crippen LogP contribution < -0.4 is 9.47 Å². The van der Waals surface area contributed by atoms with Crippen molar-refractivity contribution in [2.45, 2.75) is 18.9 Å². The van der Waals surface area contributed by atoms with E-state index < -0.39 is 0 Å². The number of carbonyl (C=O) groups excluding carboxylic acids is 1. The Morgan fingerprint density at radius 1 is 1.19 bits per heavy atom. The molecule has 0 spiro atoms. The highest BCUT2D eigenvalue weighted by molar-refractivity contribution is 6.34. The standard InChI is InChI=1S/C18H22ClN3O5/c1-24-7-8-26-15-10-14-13(17(19)21-11-20-14)9-16(15)27-12-3-5-22(6-4-12)18(23)25-2/h9-12H,3-8H2,1-2H3. The highest BCUT2D eigenvalue weighted by Gasteiger charge is 2.25. The average molecular weight is 396 g/mol. The number of fused-ring (bicyclic) bond motifs is 1. The predicted molar refractivity (Wildman–Crippen MR) is 99.5 cm³/mol. The van der Waals surface area contributed by atoms with Crippen molar-refractivity contribution in [3.8, 4) is 11.5 Å². The number of ether oxygens (including phenoxy) is 4. The zero-order chi connectivity index (χ0) is 19.2. The Kier molecular flexibility index (Phi) is 6.52. The third-order valence-electron chi connectivity index (χ3n) is 4.37. The Labute approximate surface area is 162 Å². The predicted octanol–water partition coefficient (Wildman–Crippen LogP) is 2.92. The van der Waals surface area contributed by atoms with Crippen molar-refractivity contribution in [3.63, 3.8) is 0 Å². The minimum atomic E-state index is -0.313. The Bertz CT molecular complexity index is 796. The van der Waals surface area contributed by atoms with Gasteiger partial charge in [-0.25, -0.2) is 14.8 Å². The molecule has 0 unspecified atom stereocenters. The normalized spacial score (nSPS) is 15.0. The number of aromatic nitrogens is 2. The van der Waals surface area contributed by atoms with Gasteiger partial charge in [0.25, 0.3) is 0 Å². The summed E-state index contributed by atoms with van der Waals surface area (Å²) in [5, 5.41) is 1.05. The number of likely N-dealkylation sites (tertiary alicyclic amines) is 1. The fourth-order valence-electron chi connectivity index (χ4n) is 2.94. The van der Waals surface area contributed by atoms with Crippen LogP contribution in [0.15, 0.2) is 18.5 Å². The van der Waals surface area contributed by atoms with E-state index >= 15 is 0 Å². The van der Waals surface area contributed by atoms with E-state index in [1.807, 2.05) is 0 Å². The highest BCUT2D eigenvalue weighted by atomic mass is 35.5. The molecule has 0 bridgehead atoms. The largest absolute Gasteiger partial charge is 0.487 e. The van der Waals surface area contributed by atoms with Gasteiger partial charge in [0.1, 0.15) is 24.2 Å². The summed E-state index contributed by atoms with van der Waals surface area (Å²) in [4.78, 5) is 21.5. The lowest BCUT2D eigenvalue weighted by Gasteiger charge is -2.31. The summed E-state index contributed by atoms with van der Waals surface area (Å²) in [5.74, 6) is 1.15. The van der Waals surface area contributed by atoms with Crippen molar-refractivity contribution in [1.29, 1.82) is 0 Å². The molecule has 0 N–H and O–H groups in total. The molecular formula is C18H22ClN3O5. The summed E-state index contributed by atoms with van der Waals surface area (Å²) in [7, 11) is 3.00. The van der Waals surface area contributed by atoms with Crippen LogP contribution in [0.3, 0.4) is 0 Å². The molecule has 0 atom stereocenters. The second-order valence-electron chi connectivity index (χ2n) is 6.10. The number of piperidine rings is 1. The van der Waals surface area contributed by atoms with Crippen LogP contribution >= 0.6 is 11.6 Å². The maximum Gasteiger partial charge on any atom is 0.409 e. The zero-order valence-electron chi connectivity index (χ0n) is 15.3. The van der Waals surface area contributed by atoms with Gasteiger partial charge >= 0.3 is 6.09 Å². The van der Waals surface area contributed by atoms with Crippen LogP contribution in [0.4, 0.5) is 4.79 Å². The van der Waals surface area contributed by atoms with Gasteiger partial charge in [0, 0.05) is 44.5 Å². The van der Waals surface area contributed by atoms with E-state index in [9.17, 15) is 4.79 Å². The maximum absolute atomic E-state index is 11.6. The second kappa shape index (κ2) is 9.05. The first-order chi connectivity index (χ1) is 13.1. The SMILES string of the molecule is COCCOc1cc2ncnc(Cl)c2cc1OC1CCN(C(=O)OC)CC1. The van der Waals surface area contributed by atoms with Crippen molar-refractivity contribution in [1.82, 2.24) is 14.9 Å². The smallest absolute Gasteiger partial charge is 0.409 e. The molecule has 1 fully saturated rings. The monoisotopic (exact) mass is 395 g/mol. The summed E-state index contributed by atoms with van der Waals surface area (Å²) in [6.45, 7) is 2.00.